The van der Waals surface area contributed by atoms with Crippen LogP contribution in [0.4, 0.5) is 0 Å². The molecule has 2 N–H and O–H groups in total. The number of hydrogen-bond donors (Lipinski definition) is 2. The highest BCUT2D eigenvalue weighted by atomic mass is 16.9. The molecule has 1 rings (SSSR count). The van der Waals surface area contributed by atoms with Crippen molar-refractivity contribution in [3.05, 3.63) is 34.9 Å². The summed E-state index contributed by atoms with van der Waals surface area (Å²) in [6.07, 6.45) is 16.3. The summed E-state index contributed by atoms with van der Waals surface area (Å²) >= 11 is 0. The lowest BCUT2D eigenvalue weighted by Crippen LogP contribution is -2.45. The van der Waals surface area contributed by atoms with Gasteiger partial charge in [-0.1, -0.05) is 97.8 Å². The van der Waals surface area contributed by atoms with E-state index in [9.17, 15) is 19.5 Å². The van der Waals surface area contributed by atoms with E-state index in [1.54, 1.807) is 0 Å². The molecule has 0 saturated heterocycles. The molecule has 0 aliphatic carbocycles. The number of benzene rings is 1. The minimum Gasteiger partial charge on any atom is -0.478 e. The van der Waals surface area contributed by atoms with Gasteiger partial charge in [0, 0.05) is 0 Å². The lowest BCUT2D eigenvalue weighted by atomic mass is 10.0. The zero-order valence-corrected chi connectivity index (χ0v) is 27.2. The van der Waals surface area contributed by atoms with E-state index in [4.69, 9.17) is 28.8 Å². The monoisotopic (exact) mass is 624 g/mol. The van der Waals surface area contributed by atoms with Gasteiger partial charge in [-0.2, -0.15) is 0 Å². The third kappa shape index (κ3) is 17.1. The molecule has 10 heteroatoms. The Labute approximate surface area is 263 Å². The van der Waals surface area contributed by atoms with Gasteiger partial charge >= 0.3 is 23.9 Å². The topological polar surface area (TPSA) is 138 Å². The van der Waals surface area contributed by atoms with Crippen molar-refractivity contribution in [3.63, 3.8) is 0 Å². The predicted octanol–water partition coefficient (Wildman–Crippen LogP) is 7.87. The average Bonchev–Trinajstić information content (AvgIpc) is 3.01. The van der Waals surface area contributed by atoms with E-state index in [1.165, 1.54) is 19.3 Å². The Bertz CT molecular complexity index is 892. The number of esters is 1. The number of rotatable bonds is 29. The highest BCUT2D eigenvalue weighted by Crippen LogP contribution is 2.21. The Balaban J connectivity index is 2.81. The summed E-state index contributed by atoms with van der Waals surface area (Å²) in [4.78, 5) is 35.4. The first-order valence-corrected chi connectivity index (χ1v) is 16.6. The number of carbonyl (C=O) groups is 3. The molecule has 0 bridgehead atoms. The highest BCUT2D eigenvalue weighted by molar-refractivity contribution is 6.04. The van der Waals surface area contributed by atoms with E-state index in [0.717, 1.165) is 95.2 Å². The molecule has 1 aromatic carbocycles. The van der Waals surface area contributed by atoms with Crippen LogP contribution in [0.25, 0.3) is 0 Å². The highest BCUT2D eigenvalue weighted by Gasteiger charge is 2.34. The number of unbranched alkanes of at least 4 members (excludes halogenated alkanes) is 12. The van der Waals surface area contributed by atoms with E-state index >= 15 is 0 Å². The number of carbonyl (C=O) groups excluding carboxylic acids is 1. The van der Waals surface area contributed by atoms with Crippen LogP contribution in [-0.2, 0) is 23.7 Å². The second kappa shape index (κ2) is 24.8. The Kier molecular flexibility index (Phi) is 22.2. The molecular weight excluding hydrogens is 568 g/mol. The molecule has 10 nitrogen and oxygen atoms in total. The van der Waals surface area contributed by atoms with Crippen LogP contribution in [-0.4, -0.2) is 73.7 Å². The molecule has 0 aromatic heterocycles. The van der Waals surface area contributed by atoms with E-state index in [1.807, 2.05) is 0 Å². The molecule has 0 atom stereocenters. The largest absolute Gasteiger partial charge is 0.478 e. The summed E-state index contributed by atoms with van der Waals surface area (Å²) in [7, 11) is 0. The van der Waals surface area contributed by atoms with E-state index in [-0.39, 0.29) is 30.9 Å². The van der Waals surface area contributed by atoms with Crippen molar-refractivity contribution in [1.29, 1.82) is 0 Å². The molecule has 0 unspecified atom stereocenters. The van der Waals surface area contributed by atoms with Gasteiger partial charge in [0.2, 0.25) is 0 Å². The fraction of sp³-hybridized carbons (Fsp3) is 0.735. The molecule has 0 saturated carbocycles. The fourth-order valence-electron chi connectivity index (χ4n) is 4.55. The molecule has 0 heterocycles. The Morgan fingerprint density at radius 1 is 0.591 bits per heavy atom. The first kappa shape index (κ1) is 39.5. The van der Waals surface area contributed by atoms with E-state index in [2.05, 4.69) is 20.8 Å². The third-order valence-electron chi connectivity index (χ3n) is 7.17. The number of hydrogen-bond acceptors (Lipinski definition) is 8. The van der Waals surface area contributed by atoms with Crippen molar-refractivity contribution in [1.82, 2.24) is 0 Å². The Morgan fingerprint density at radius 2 is 1.07 bits per heavy atom. The molecule has 0 aliphatic rings. The van der Waals surface area contributed by atoms with E-state index < -0.39 is 29.4 Å². The van der Waals surface area contributed by atoms with Gasteiger partial charge in [0.25, 0.3) is 0 Å². The molecule has 0 spiro atoms. The van der Waals surface area contributed by atoms with Crippen molar-refractivity contribution < 1.29 is 48.3 Å². The van der Waals surface area contributed by atoms with Crippen LogP contribution in [0.3, 0.4) is 0 Å². The van der Waals surface area contributed by atoms with E-state index in [0.29, 0.717) is 19.8 Å². The van der Waals surface area contributed by atoms with Crippen molar-refractivity contribution in [2.75, 3.05) is 39.6 Å². The van der Waals surface area contributed by atoms with Crippen LogP contribution >= 0.6 is 0 Å². The number of carboxylic acids is 2. The van der Waals surface area contributed by atoms with Crippen LogP contribution in [0.5, 0.6) is 0 Å². The smallest absolute Gasteiger partial charge is 0.339 e. The lowest BCUT2D eigenvalue weighted by Gasteiger charge is -2.33. The Morgan fingerprint density at radius 3 is 1.50 bits per heavy atom. The van der Waals surface area contributed by atoms with Crippen LogP contribution < -0.4 is 0 Å². The SMILES string of the molecule is CCCCCCCOC(COCCOC(=O)c1ccc(C(=O)O)cc1C(=O)O)(OCCCCCCC)OCCCCCCC. The first-order chi connectivity index (χ1) is 21.3. The second-order valence-electron chi connectivity index (χ2n) is 11.0. The zero-order valence-electron chi connectivity index (χ0n) is 27.2. The van der Waals surface area contributed by atoms with Gasteiger partial charge in [0.05, 0.1) is 43.1 Å². The molecule has 44 heavy (non-hydrogen) atoms. The molecule has 0 radical (unpaired) electrons. The van der Waals surface area contributed by atoms with Gasteiger partial charge in [0.1, 0.15) is 13.2 Å². The van der Waals surface area contributed by atoms with Gasteiger partial charge < -0.3 is 33.9 Å². The van der Waals surface area contributed by atoms with Crippen LogP contribution in [0, 0.1) is 0 Å². The summed E-state index contributed by atoms with van der Waals surface area (Å²) in [6.45, 7) is 7.78. The minimum atomic E-state index is -1.42. The molecule has 252 valence electrons. The van der Waals surface area contributed by atoms with Gasteiger partial charge in [0.15, 0.2) is 0 Å². The maximum atomic E-state index is 12.6. The van der Waals surface area contributed by atoms with Crippen molar-refractivity contribution in [2.24, 2.45) is 0 Å². The summed E-state index contributed by atoms with van der Waals surface area (Å²) in [6, 6.07) is 3.23. The molecular formula is C34H56O10. The molecule has 1 aromatic rings. The van der Waals surface area contributed by atoms with Gasteiger partial charge in [-0.3, -0.25) is 0 Å². The first-order valence-electron chi connectivity index (χ1n) is 16.6. The minimum absolute atomic E-state index is 0.00266. The summed E-state index contributed by atoms with van der Waals surface area (Å²) in [5.74, 6) is -4.97. The number of aromatic carboxylic acids is 2. The predicted molar refractivity (Wildman–Crippen MR) is 168 cm³/mol. The fourth-order valence-corrected chi connectivity index (χ4v) is 4.55. The van der Waals surface area contributed by atoms with Crippen LogP contribution in [0.1, 0.15) is 148 Å². The normalized spacial score (nSPS) is 11.5. The summed E-state index contributed by atoms with van der Waals surface area (Å²) in [5.41, 5.74) is -0.914. The maximum Gasteiger partial charge on any atom is 0.339 e. The lowest BCUT2D eigenvalue weighted by molar-refractivity contribution is -0.395. The van der Waals surface area contributed by atoms with Crippen molar-refractivity contribution >= 4 is 17.9 Å². The molecule has 0 fully saturated rings. The second-order valence-corrected chi connectivity index (χ2v) is 11.0. The summed E-state index contributed by atoms with van der Waals surface area (Å²) < 4.78 is 29.8. The molecule has 0 aliphatic heterocycles. The average molecular weight is 625 g/mol. The van der Waals surface area contributed by atoms with Crippen molar-refractivity contribution in [2.45, 2.75) is 123 Å². The maximum absolute atomic E-state index is 12.6. The number of carboxylic acid groups (broad SMARTS) is 2. The summed E-state index contributed by atoms with van der Waals surface area (Å²) in [5, 5.41) is 18.6. The van der Waals surface area contributed by atoms with Crippen LogP contribution in [0.15, 0.2) is 18.2 Å². The van der Waals surface area contributed by atoms with Crippen molar-refractivity contribution in [3.8, 4) is 0 Å². The van der Waals surface area contributed by atoms with Gasteiger partial charge in [-0.25, -0.2) is 14.4 Å². The number of ether oxygens (including phenoxy) is 5. The zero-order chi connectivity index (χ0) is 32.5. The standard InChI is InChI=1S/C34H56O10/c1-4-7-10-13-16-21-42-34(43-22-17-14-11-8-5-2,44-23-18-15-12-9-6-3)27-40-24-25-41-33(39)29-20-19-28(31(35)36)26-30(29)32(37)38/h19-20,26H,4-18,21-25,27H2,1-3H3,(H,35,36)(H,37,38). The Hall–Kier alpha value is -2.53. The molecule has 0 amide bonds. The van der Waals surface area contributed by atoms with Crippen LogP contribution in [0.2, 0.25) is 0 Å². The van der Waals surface area contributed by atoms with Gasteiger partial charge in [-0.15, -0.1) is 0 Å². The quantitative estimate of drug-likeness (QED) is 0.0514. The third-order valence-corrected chi connectivity index (χ3v) is 7.17. The van der Waals surface area contributed by atoms with Gasteiger partial charge in [-0.05, 0) is 37.5 Å².